The quantitative estimate of drug-likeness (QED) is 0.271. The lowest BCUT2D eigenvalue weighted by atomic mass is 10.1. The zero-order valence-corrected chi connectivity index (χ0v) is 23.6. The lowest BCUT2D eigenvalue weighted by Gasteiger charge is -2.28. The molecule has 1 atom stereocenters. The van der Waals surface area contributed by atoms with Crippen molar-refractivity contribution in [2.75, 3.05) is 25.0 Å². The summed E-state index contributed by atoms with van der Waals surface area (Å²) in [5, 5.41) is 13.1. The Morgan fingerprint density at radius 3 is 2.67 bits per heavy atom. The summed E-state index contributed by atoms with van der Waals surface area (Å²) >= 11 is 6.17. The van der Waals surface area contributed by atoms with Crippen LogP contribution in [0.2, 0.25) is 5.02 Å². The molecule has 0 bridgehead atoms. The fourth-order valence-corrected chi connectivity index (χ4v) is 5.14. The minimum Gasteiger partial charge on any atom is -0.369 e. The van der Waals surface area contributed by atoms with Crippen molar-refractivity contribution < 1.29 is 4.79 Å². The van der Waals surface area contributed by atoms with Gasteiger partial charge in [0.2, 0.25) is 5.91 Å². The van der Waals surface area contributed by atoms with E-state index in [1.54, 1.807) is 6.20 Å². The Balaban J connectivity index is 0.00000370. The highest BCUT2D eigenvalue weighted by atomic mass is 35.5. The minimum atomic E-state index is -0.229. The Kier molecular flexibility index (Phi) is 10.1. The van der Waals surface area contributed by atoms with E-state index in [-0.39, 0.29) is 24.4 Å². The number of imidazole rings is 1. The van der Waals surface area contributed by atoms with Crippen molar-refractivity contribution in [2.24, 2.45) is 0 Å². The van der Waals surface area contributed by atoms with E-state index in [1.165, 1.54) is 0 Å². The van der Waals surface area contributed by atoms with Gasteiger partial charge in [0.25, 0.3) is 0 Å². The SMILES string of the molecule is Cl.N#Cc1ccc(Cn2cncc2CN(CCNc2ccccn2)[C@H]2CCN(Cc3cccc(Cl)c3)C2=O)cc1. The van der Waals surface area contributed by atoms with Crippen molar-refractivity contribution in [3.63, 3.8) is 0 Å². The van der Waals surface area contributed by atoms with Crippen LogP contribution in [0.25, 0.3) is 0 Å². The van der Waals surface area contributed by atoms with E-state index in [4.69, 9.17) is 16.9 Å². The van der Waals surface area contributed by atoms with Crippen molar-refractivity contribution in [3.05, 3.63) is 113 Å². The summed E-state index contributed by atoms with van der Waals surface area (Å²) in [6.07, 6.45) is 6.20. The number of carbonyl (C=O) groups is 1. The van der Waals surface area contributed by atoms with Crippen molar-refractivity contribution in [1.29, 1.82) is 5.26 Å². The van der Waals surface area contributed by atoms with Gasteiger partial charge in [-0.25, -0.2) is 9.97 Å². The van der Waals surface area contributed by atoms with Gasteiger partial charge in [0.15, 0.2) is 0 Å². The lowest BCUT2D eigenvalue weighted by molar-refractivity contribution is -0.132. The number of rotatable bonds is 11. The highest BCUT2D eigenvalue weighted by Crippen LogP contribution is 2.23. The molecule has 1 aliphatic heterocycles. The van der Waals surface area contributed by atoms with E-state index in [9.17, 15) is 4.79 Å². The van der Waals surface area contributed by atoms with Gasteiger partial charge in [-0.3, -0.25) is 9.69 Å². The van der Waals surface area contributed by atoms with Crippen molar-refractivity contribution in [2.45, 2.75) is 32.1 Å². The molecule has 0 radical (unpaired) electrons. The summed E-state index contributed by atoms with van der Waals surface area (Å²) in [4.78, 5) is 26.5. The van der Waals surface area contributed by atoms with Crippen LogP contribution in [0, 0.1) is 11.3 Å². The second kappa shape index (κ2) is 13.9. The summed E-state index contributed by atoms with van der Waals surface area (Å²) in [6, 6.07) is 23.0. The molecule has 5 rings (SSSR count). The van der Waals surface area contributed by atoms with Crippen LogP contribution >= 0.6 is 24.0 Å². The standard InChI is InChI=1S/C30H30ClN7O.ClH/c31-26-5-3-4-25(16-26)20-37-14-11-28(30(37)39)36(15-13-35-29-6-1-2-12-34-29)21-27-18-33-22-38(27)19-24-9-7-23(17-32)8-10-24;/h1-10,12,16,18,22,28H,11,13-15,19-21H2,(H,34,35);1H/t28-;/m0./s1. The maximum atomic E-state index is 13.6. The van der Waals surface area contributed by atoms with Gasteiger partial charge in [-0.05, 0) is 53.9 Å². The zero-order chi connectivity index (χ0) is 27.0. The number of aromatic nitrogens is 3. The summed E-state index contributed by atoms with van der Waals surface area (Å²) in [6.45, 7) is 3.79. The molecule has 1 saturated heterocycles. The molecule has 1 fully saturated rings. The average Bonchev–Trinajstić information content (AvgIpc) is 3.54. The van der Waals surface area contributed by atoms with Crippen LogP contribution in [0.3, 0.4) is 0 Å². The highest BCUT2D eigenvalue weighted by Gasteiger charge is 2.36. The Hall–Kier alpha value is -3.90. The molecule has 1 amide bonds. The number of likely N-dealkylation sites (tertiary alicyclic amines) is 1. The Bertz CT molecular complexity index is 1440. The first kappa shape index (κ1) is 29.1. The first-order chi connectivity index (χ1) is 19.1. The molecule has 10 heteroatoms. The van der Waals surface area contributed by atoms with Crippen LogP contribution in [-0.2, 0) is 24.4 Å². The molecule has 8 nitrogen and oxygen atoms in total. The molecule has 3 heterocycles. The first-order valence-electron chi connectivity index (χ1n) is 13.0. The summed E-state index contributed by atoms with van der Waals surface area (Å²) in [5.41, 5.74) is 3.78. The van der Waals surface area contributed by atoms with Crippen molar-refractivity contribution >= 4 is 35.7 Å². The second-order valence-electron chi connectivity index (χ2n) is 9.63. The molecule has 0 spiro atoms. The monoisotopic (exact) mass is 575 g/mol. The van der Waals surface area contributed by atoms with E-state index >= 15 is 0 Å². The van der Waals surface area contributed by atoms with Crippen LogP contribution < -0.4 is 5.32 Å². The van der Waals surface area contributed by atoms with Gasteiger partial charge in [-0.2, -0.15) is 5.26 Å². The third kappa shape index (κ3) is 7.39. The normalized spacial score (nSPS) is 14.7. The summed E-state index contributed by atoms with van der Waals surface area (Å²) in [7, 11) is 0. The van der Waals surface area contributed by atoms with Crippen LogP contribution in [0.5, 0.6) is 0 Å². The molecule has 2 aromatic carbocycles. The van der Waals surface area contributed by atoms with Gasteiger partial charge >= 0.3 is 0 Å². The van der Waals surface area contributed by atoms with Gasteiger partial charge in [-0.15, -0.1) is 12.4 Å². The molecule has 4 aromatic rings. The highest BCUT2D eigenvalue weighted by molar-refractivity contribution is 6.30. The minimum absolute atomic E-state index is 0. The molecule has 1 aliphatic rings. The zero-order valence-electron chi connectivity index (χ0n) is 22.0. The maximum Gasteiger partial charge on any atom is 0.240 e. The Labute approximate surface area is 245 Å². The first-order valence-corrected chi connectivity index (χ1v) is 13.4. The molecular formula is C30H31Cl2N7O. The number of nitrogens with zero attached hydrogens (tertiary/aromatic N) is 6. The van der Waals surface area contributed by atoms with E-state index in [0.29, 0.717) is 49.9 Å². The molecule has 206 valence electrons. The second-order valence-corrected chi connectivity index (χ2v) is 10.1. The Morgan fingerprint density at radius 2 is 1.93 bits per heavy atom. The lowest BCUT2D eigenvalue weighted by Crippen LogP contribution is -2.43. The fraction of sp³-hybridized carbons (Fsp3) is 0.267. The number of nitrogens with one attached hydrogen (secondary N) is 1. The average molecular weight is 577 g/mol. The maximum absolute atomic E-state index is 13.6. The van der Waals surface area contributed by atoms with Crippen LogP contribution in [0.1, 0.15) is 28.8 Å². The number of anilines is 1. The van der Waals surface area contributed by atoms with Crippen LogP contribution in [0.4, 0.5) is 5.82 Å². The van der Waals surface area contributed by atoms with Crippen molar-refractivity contribution in [3.8, 4) is 6.07 Å². The van der Waals surface area contributed by atoms with Crippen LogP contribution in [0.15, 0.2) is 85.5 Å². The Morgan fingerprint density at radius 1 is 1.07 bits per heavy atom. The number of hydrogen-bond acceptors (Lipinski definition) is 6. The predicted octanol–water partition coefficient (Wildman–Crippen LogP) is 4.99. The number of pyridine rings is 1. The van der Waals surface area contributed by atoms with Gasteiger partial charge < -0.3 is 14.8 Å². The molecule has 2 aromatic heterocycles. The number of hydrogen-bond donors (Lipinski definition) is 1. The molecular weight excluding hydrogens is 545 g/mol. The van der Waals surface area contributed by atoms with Crippen LogP contribution in [-0.4, -0.2) is 55.9 Å². The van der Waals surface area contributed by atoms with Gasteiger partial charge in [0, 0.05) is 56.7 Å². The van der Waals surface area contributed by atoms with Crippen molar-refractivity contribution in [1.82, 2.24) is 24.3 Å². The molecule has 0 aliphatic carbocycles. The fourth-order valence-electron chi connectivity index (χ4n) is 4.93. The molecule has 0 unspecified atom stereocenters. The number of halogens is 2. The summed E-state index contributed by atoms with van der Waals surface area (Å²) < 4.78 is 2.10. The number of benzene rings is 2. The van der Waals surface area contributed by atoms with E-state index in [1.807, 2.05) is 84.2 Å². The molecule has 0 saturated carbocycles. The van der Waals surface area contributed by atoms with E-state index in [0.717, 1.165) is 29.1 Å². The van der Waals surface area contributed by atoms with Gasteiger partial charge in [0.1, 0.15) is 5.82 Å². The molecule has 1 N–H and O–H groups in total. The topological polar surface area (TPSA) is 90.1 Å². The van der Waals surface area contributed by atoms with Gasteiger partial charge in [0.05, 0.1) is 29.7 Å². The summed E-state index contributed by atoms with van der Waals surface area (Å²) in [5.74, 6) is 0.939. The third-order valence-electron chi connectivity index (χ3n) is 6.94. The number of carbonyl (C=O) groups excluding carboxylic acids is 1. The predicted molar refractivity (Wildman–Crippen MR) is 158 cm³/mol. The largest absolute Gasteiger partial charge is 0.369 e. The third-order valence-corrected chi connectivity index (χ3v) is 7.18. The number of nitriles is 1. The van der Waals surface area contributed by atoms with E-state index in [2.05, 4.69) is 30.8 Å². The van der Waals surface area contributed by atoms with E-state index < -0.39 is 0 Å². The molecule has 40 heavy (non-hydrogen) atoms. The smallest absolute Gasteiger partial charge is 0.240 e. The number of amides is 1. The van der Waals surface area contributed by atoms with Gasteiger partial charge in [-0.1, -0.05) is 41.9 Å².